The van der Waals surface area contributed by atoms with E-state index in [-0.39, 0.29) is 0 Å². The number of nitrogens with one attached hydrogen (secondary N) is 1. The van der Waals surface area contributed by atoms with Crippen LogP contribution in [0.5, 0.6) is 0 Å². The van der Waals surface area contributed by atoms with Gasteiger partial charge in [-0.15, -0.1) is 11.8 Å². The number of nitrogens with zero attached hydrogens (tertiary/aromatic N) is 4. The van der Waals surface area contributed by atoms with E-state index in [2.05, 4.69) is 44.4 Å². The van der Waals surface area contributed by atoms with Crippen molar-refractivity contribution >= 4 is 40.0 Å². The summed E-state index contributed by atoms with van der Waals surface area (Å²) in [6.07, 6.45) is 1.65. The van der Waals surface area contributed by atoms with Gasteiger partial charge in [0.25, 0.3) is 0 Å². The molecule has 2 aromatic carbocycles. The average Bonchev–Trinajstić information content (AvgIpc) is 2.98. The Kier molecular flexibility index (Phi) is 11.4. The molecule has 1 aromatic heterocycles. The summed E-state index contributed by atoms with van der Waals surface area (Å²) in [7, 11) is 0. The zero-order valence-corrected chi connectivity index (χ0v) is 26.1. The molecule has 11 heteroatoms. The van der Waals surface area contributed by atoms with Crippen molar-refractivity contribution < 1.29 is 23.1 Å². The fourth-order valence-electron chi connectivity index (χ4n) is 5.42. The van der Waals surface area contributed by atoms with Crippen molar-refractivity contribution in [2.75, 3.05) is 55.2 Å². The maximum atomic E-state index is 13.0. The summed E-state index contributed by atoms with van der Waals surface area (Å²) in [6.45, 7) is 7.99. The molecule has 236 valence electrons. The Morgan fingerprint density at radius 1 is 1.05 bits per heavy atom. The van der Waals surface area contributed by atoms with Crippen molar-refractivity contribution in [1.82, 2.24) is 9.88 Å². The van der Waals surface area contributed by atoms with Crippen LogP contribution in [0.3, 0.4) is 0 Å². The number of carboxylic acids is 1. The molecule has 44 heavy (non-hydrogen) atoms. The third-order valence-electron chi connectivity index (χ3n) is 7.95. The van der Waals surface area contributed by atoms with Gasteiger partial charge < -0.3 is 15.3 Å². The molecule has 0 atom stereocenters. The van der Waals surface area contributed by atoms with Crippen molar-refractivity contribution in [2.45, 2.75) is 57.0 Å². The molecular weight excluding hydrogens is 587 g/mol. The van der Waals surface area contributed by atoms with Crippen LogP contribution in [0.4, 0.5) is 24.5 Å². The number of thioether (sulfide) groups is 1. The maximum Gasteiger partial charge on any atom is 0.416 e. The largest absolute Gasteiger partial charge is 0.481 e. The fraction of sp³-hybridized carbons (Fsp3) is 0.485. The second-order valence-electron chi connectivity index (χ2n) is 11.9. The number of halogens is 3. The van der Waals surface area contributed by atoms with Gasteiger partial charge in [-0.05, 0) is 74.4 Å². The van der Waals surface area contributed by atoms with Crippen LogP contribution < -0.4 is 10.2 Å². The number of unbranched alkanes of at least 4 members (excludes halogenated alkanes) is 3. The third-order valence-corrected chi connectivity index (χ3v) is 9.11. The minimum absolute atomic E-state index is 0.324. The molecule has 1 fully saturated rings. The maximum absolute atomic E-state index is 13.0. The molecule has 0 radical (unpaired) electrons. The van der Waals surface area contributed by atoms with Crippen LogP contribution >= 0.6 is 11.8 Å². The highest BCUT2D eigenvalue weighted by Crippen LogP contribution is 2.34. The molecular formula is C33H40F3N5O2S. The van der Waals surface area contributed by atoms with Gasteiger partial charge in [0.05, 0.1) is 29.0 Å². The summed E-state index contributed by atoms with van der Waals surface area (Å²) >= 11 is 1.65. The van der Waals surface area contributed by atoms with Crippen LogP contribution in [0.25, 0.3) is 10.9 Å². The predicted octanol–water partition coefficient (Wildman–Crippen LogP) is 7.32. The standard InChI is InChI=1S/C33H40F3N5O2S/c1-32(2,31(42)43)23-40-16-18-41(19-17-40)29-10-8-26(21-24(29)11-13-37)38-14-5-3-4-6-20-44-30-12-15-39-28-22-25(33(34,35)36)7-9-27(28)30/h7-10,12,15,21-22,38H,3-6,11,14,16-20,23H2,1-2H3,(H,42,43). The molecule has 0 spiro atoms. The van der Waals surface area contributed by atoms with Gasteiger partial charge >= 0.3 is 12.1 Å². The number of hydrogen-bond donors (Lipinski definition) is 2. The summed E-state index contributed by atoms with van der Waals surface area (Å²) in [5, 5.41) is 23.1. The molecule has 2 heterocycles. The van der Waals surface area contributed by atoms with Crippen LogP contribution in [0.1, 0.15) is 50.7 Å². The van der Waals surface area contributed by atoms with Gasteiger partial charge in [0, 0.05) is 67.1 Å². The molecule has 0 aliphatic carbocycles. The number of alkyl halides is 3. The lowest BCUT2D eigenvalue weighted by atomic mass is 9.93. The number of rotatable bonds is 14. The second-order valence-corrected chi connectivity index (χ2v) is 13.0. The Hall–Kier alpha value is -3.49. The third kappa shape index (κ3) is 9.02. The minimum Gasteiger partial charge on any atom is -0.481 e. The number of benzene rings is 2. The zero-order valence-electron chi connectivity index (χ0n) is 25.3. The number of pyridine rings is 1. The van der Waals surface area contributed by atoms with Crippen LogP contribution in [-0.4, -0.2) is 66.0 Å². The van der Waals surface area contributed by atoms with E-state index >= 15 is 0 Å². The molecule has 1 saturated heterocycles. The smallest absolute Gasteiger partial charge is 0.416 e. The highest BCUT2D eigenvalue weighted by Gasteiger charge is 2.32. The average molecular weight is 628 g/mol. The number of carboxylic acid groups (broad SMARTS) is 1. The first kappa shape index (κ1) is 33.4. The Bertz CT molecular complexity index is 1470. The predicted molar refractivity (Wildman–Crippen MR) is 170 cm³/mol. The van der Waals surface area contributed by atoms with Gasteiger partial charge in [-0.25, -0.2) is 0 Å². The van der Waals surface area contributed by atoms with Crippen molar-refractivity contribution in [3.8, 4) is 6.07 Å². The molecule has 4 rings (SSSR count). The van der Waals surface area contributed by atoms with Crippen LogP contribution in [0.15, 0.2) is 53.6 Å². The quantitative estimate of drug-likeness (QED) is 0.142. The van der Waals surface area contributed by atoms with E-state index in [1.165, 1.54) is 6.07 Å². The van der Waals surface area contributed by atoms with Gasteiger partial charge in [-0.1, -0.05) is 18.9 Å². The molecule has 2 N–H and O–H groups in total. The fourth-order valence-corrected chi connectivity index (χ4v) is 6.48. The van der Waals surface area contributed by atoms with Gasteiger partial charge in [0.2, 0.25) is 0 Å². The van der Waals surface area contributed by atoms with E-state index in [0.29, 0.717) is 18.5 Å². The van der Waals surface area contributed by atoms with Gasteiger partial charge in [0.15, 0.2) is 0 Å². The number of aliphatic carboxylic acids is 1. The first-order valence-electron chi connectivity index (χ1n) is 15.0. The van der Waals surface area contributed by atoms with Gasteiger partial charge in [-0.2, -0.15) is 18.4 Å². The number of hydrogen-bond acceptors (Lipinski definition) is 7. The zero-order chi connectivity index (χ0) is 31.7. The van der Waals surface area contributed by atoms with E-state index in [9.17, 15) is 28.3 Å². The van der Waals surface area contributed by atoms with Crippen molar-refractivity contribution in [3.05, 3.63) is 59.8 Å². The van der Waals surface area contributed by atoms with Gasteiger partial charge in [0.1, 0.15) is 0 Å². The lowest BCUT2D eigenvalue weighted by molar-refractivity contribution is -0.148. The summed E-state index contributed by atoms with van der Waals surface area (Å²) < 4.78 is 39.1. The molecule has 3 aromatic rings. The normalized spacial score (nSPS) is 14.5. The lowest BCUT2D eigenvalue weighted by Gasteiger charge is -2.39. The monoisotopic (exact) mass is 627 g/mol. The molecule has 0 amide bonds. The molecule has 1 aliphatic rings. The van der Waals surface area contributed by atoms with Crippen LogP contribution in [0.2, 0.25) is 0 Å². The molecule has 0 saturated carbocycles. The highest BCUT2D eigenvalue weighted by atomic mass is 32.2. The molecule has 1 aliphatic heterocycles. The number of fused-ring (bicyclic) bond motifs is 1. The molecule has 0 bridgehead atoms. The first-order chi connectivity index (χ1) is 21.0. The Balaban J connectivity index is 1.18. The molecule has 7 nitrogen and oxygen atoms in total. The topological polar surface area (TPSA) is 92.5 Å². The van der Waals surface area contributed by atoms with E-state index in [4.69, 9.17) is 0 Å². The first-order valence-corrected chi connectivity index (χ1v) is 16.0. The SMILES string of the molecule is CC(C)(CN1CCN(c2ccc(NCCCCCCSc3ccnc4cc(C(F)(F)F)ccc34)cc2CC#N)CC1)C(=O)O. The van der Waals surface area contributed by atoms with Crippen molar-refractivity contribution in [1.29, 1.82) is 5.26 Å². The lowest BCUT2D eigenvalue weighted by Crippen LogP contribution is -2.50. The highest BCUT2D eigenvalue weighted by molar-refractivity contribution is 7.99. The summed E-state index contributed by atoms with van der Waals surface area (Å²) in [5.74, 6) is 0.0992. The molecule has 0 unspecified atom stereocenters. The van der Waals surface area contributed by atoms with E-state index in [0.717, 1.165) is 104 Å². The van der Waals surface area contributed by atoms with Crippen molar-refractivity contribution in [3.63, 3.8) is 0 Å². The minimum atomic E-state index is -4.38. The Morgan fingerprint density at radius 2 is 1.80 bits per heavy atom. The number of aromatic nitrogens is 1. The number of nitriles is 1. The van der Waals surface area contributed by atoms with Crippen LogP contribution in [-0.2, 0) is 17.4 Å². The Labute approximate surface area is 261 Å². The second kappa shape index (κ2) is 15.0. The van der Waals surface area contributed by atoms with Crippen molar-refractivity contribution in [2.24, 2.45) is 5.41 Å². The number of piperazine rings is 1. The van der Waals surface area contributed by atoms with E-state index < -0.39 is 23.1 Å². The van der Waals surface area contributed by atoms with Gasteiger partial charge in [-0.3, -0.25) is 14.7 Å². The number of carbonyl (C=O) groups is 1. The number of anilines is 2. The summed E-state index contributed by atoms with van der Waals surface area (Å²) in [4.78, 5) is 21.1. The van der Waals surface area contributed by atoms with E-state index in [1.54, 1.807) is 31.8 Å². The summed E-state index contributed by atoms with van der Waals surface area (Å²) in [6, 6.07) is 14.1. The van der Waals surface area contributed by atoms with Crippen LogP contribution in [0, 0.1) is 16.7 Å². The van der Waals surface area contributed by atoms with E-state index in [1.807, 2.05) is 6.07 Å². The Morgan fingerprint density at radius 3 is 2.50 bits per heavy atom. The summed E-state index contributed by atoms with van der Waals surface area (Å²) in [5.41, 5.74) is 1.95.